The van der Waals surface area contributed by atoms with Crippen LogP contribution in [-0.2, 0) is 16.6 Å². The fourth-order valence-electron chi connectivity index (χ4n) is 2.36. The molecule has 0 aliphatic heterocycles. The predicted octanol–water partition coefficient (Wildman–Crippen LogP) is 5.20. The summed E-state index contributed by atoms with van der Waals surface area (Å²) in [5.41, 5.74) is 2.25. The van der Waals surface area contributed by atoms with Crippen molar-refractivity contribution in [2.75, 3.05) is 6.26 Å². The lowest BCUT2D eigenvalue weighted by molar-refractivity contribution is 0.494. The van der Waals surface area contributed by atoms with Gasteiger partial charge in [0.25, 0.3) is 0 Å². The molecule has 0 saturated carbocycles. The number of hydrogen-bond donors (Lipinski definition) is 0. The van der Waals surface area contributed by atoms with E-state index in [2.05, 4.69) is 6.58 Å². The van der Waals surface area contributed by atoms with E-state index in [0.717, 1.165) is 17.4 Å². The Labute approximate surface area is 159 Å². The van der Waals surface area contributed by atoms with E-state index in [4.69, 9.17) is 23.2 Å². The highest BCUT2D eigenvalue weighted by atomic mass is 35.5. The summed E-state index contributed by atoms with van der Waals surface area (Å²) < 4.78 is 25.9. The zero-order valence-electron chi connectivity index (χ0n) is 13.8. The van der Waals surface area contributed by atoms with Gasteiger partial charge in [0, 0.05) is 17.0 Å². The van der Waals surface area contributed by atoms with Crippen LogP contribution in [0.4, 0.5) is 0 Å². The molecule has 0 aliphatic rings. The van der Waals surface area contributed by atoms with Crippen LogP contribution in [0.2, 0.25) is 0 Å². The SMILES string of the molecule is C=C(Cl)C/C(=C(\Cl)N(Cc1ccccc1)S(C)(=O)=O)c1ccccc1. The number of sulfonamides is 1. The Balaban J connectivity index is 2.54. The van der Waals surface area contributed by atoms with Crippen LogP contribution in [0.1, 0.15) is 17.5 Å². The van der Waals surface area contributed by atoms with Crippen LogP contribution in [0.3, 0.4) is 0 Å². The highest BCUT2D eigenvalue weighted by Crippen LogP contribution is 2.32. The molecule has 0 bridgehead atoms. The summed E-state index contributed by atoms with van der Waals surface area (Å²) in [5, 5.41) is 0.504. The molecule has 0 amide bonds. The van der Waals surface area contributed by atoms with E-state index >= 15 is 0 Å². The van der Waals surface area contributed by atoms with Crippen LogP contribution in [0.15, 0.2) is 77.4 Å². The van der Waals surface area contributed by atoms with Crippen molar-refractivity contribution in [2.45, 2.75) is 13.0 Å². The zero-order chi connectivity index (χ0) is 18.4. The van der Waals surface area contributed by atoms with E-state index < -0.39 is 10.0 Å². The lowest BCUT2D eigenvalue weighted by Crippen LogP contribution is -2.27. The number of nitrogens with zero attached hydrogens (tertiary/aromatic N) is 1. The molecular weight excluding hydrogens is 377 g/mol. The van der Waals surface area contributed by atoms with Gasteiger partial charge in [-0.2, -0.15) is 0 Å². The van der Waals surface area contributed by atoms with Crippen molar-refractivity contribution in [3.63, 3.8) is 0 Å². The second-order valence-electron chi connectivity index (χ2n) is 5.58. The lowest BCUT2D eigenvalue weighted by atomic mass is 10.0. The molecule has 0 aliphatic carbocycles. The number of halogens is 2. The van der Waals surface area contributed by atoms with Crippen molar-refractivity contribution >= 4 is 38.8 Å². The maximum atomic E-state index is 12.4. The molecule has 6 heteroatoms. The maximum Gasteiger partial charge on any atom is 0.233 e. The Kier molecular flexibility index (Phi) is 6.71. The van der Waals surface area contributed by atoms with Gasteiger partial charge in [-0.3, -0.25) is 4.31 Å². The number of rotatable bonds is 7. The van der Waals surface area contributed by atoms with Crippen LogP contribution in [0.25, 0.3) is 5.57 Å². The Bertz CT molecular complexity index is 863. The molecule has 2 aromatic carbocycles. The minimum absolute atomic E-state index is 0.124. The molecule has 0 aromatic heterocycles. The van der Waals surface area contributed by atoms with Crippen LogP contribution >= 0.6 is 23.2 Å². The Hall–Kier alpha value is -1.75. The summed E-state index contributed by atoms with van der Waals surface area (Å²) in [6.07, 6.45) is 1.40. The summed E-state index contributed by atoms with van der Waals surface area (Å²) in [7, 11) is -3.58. The van der Waals surface area contributed by atoms with Gasteiger partial charge in [0.15, 0.2) is 0 Å². The zero-order valence-corrected chi connectivity index (χ0v) is 16.2. The summed E-state index contributed by atoms with van der Waals surface area (Å²) in [5.74, 6) is 0. The largest absolute Gasteiger partial charge is 0.255 e. The van der Waals surface area contributed by atoms with E-state index in [9.17, 15) is 8.42 Å². The van der Waals surface area contributed by atoms with Gasteiger partial charge in [-0.1, -0.05) is 90.4 Å². The topological polar surface area (TPSA) is 37.4 Å². The molecule has 3 nitrogen and oxygen atoms in total. The molecule has 0 spiro atoms. The summed E-state index contributed by atoms with van der Waals surface area (Å²) in [6.45, 7) is 3.86. The maximum absolute atomic E-state index is 12.4. The van der Waals surface area contributed by atoms with E-state index in [-0.39, 0.29) is 18.1 Å². The lowest BCUT2D eigenvalue weighted by Gasteiger charge is -2.24. The van der Waals surface area contributed by atoms with Crippen molar-refractivity contribution in [2.24, 2.45) is 0 Å². The van der Waals surface area contributed by atoms with Gasteiger partial charge in [-0.25, -0.2) is 8.42 Å². The smallest absolute Gasteiger partial charge is 0.233 e. The molecule has 2 rings (SSSR count). The fourth-order valence-corrected chi connectivity index (χ4v) is 3.89. The van der Waals surface area contributed by atoms with Gasteiger partial charge in [0.05, 0.1) is 12.8 Å². The molecule has 2 aromatic rings. The average Bonchev–Trinajstić information content (AvgIpc) is 2.57. The predicted molar refractivity (Wildman–Crippen MR) is 106 cm³/mol. The summed E-state index contributed by atoms with van der Waals surface area (Å²) in [4.78, 5) is 0. The molecule has 0 radical (unpaired) electrons. The van der Waals surface area contributed by atoms with Crippen molar-refractivity contribution in [1.82, 2.24) is 4.31 Å². The van der Waals surface area contributed by atoms with Gasteiger partial charge in [0.1, 0.15) is 5.16 Å². The van der Waals surface area contributed by atoms with E-state index in [1.807, 2.05) is 60.7 Å². The Morgan fingerprint density at radius 1 is 1.00 bits per heavy atom. The summed E-state index contributed by atoms with van der Waals surface area (Å²) in [6, 6.07) is 18.6. The highest BCUT2D eigenvalue weighted by molar-refractivity contribution is 7.88. The second kappa shape index (κ2) is 8.56. The Morgan fingerprint density at radius 2 is 1.52 bits per heavy atom. The minimum Gasteiger partial charge on any atom is -0.255 e. The Morgan fingerprint density at radius 3 is 2.00 bits per heavy atom. The van der Waals surface area contributed by atoms with E-state index in [1.54, 1.807) is 0 Å². The first-order valence-electron chi connectivity index (χ1n) is 7.58. The quantitative estimate of drug-likeness (QED) is 0.604. The molecule has 0 unspecified atom stereocenters. The van der Waals surface area contributed by atoms with Gasteiger partial charge in [0.2, 0.25) is 10.0 Å². The molecule has 0 heterocycles. The van der Waals surface area contributed by atoms with Gasteiger partial charge in [-0.05, 0) is 11.1 Å². The van der Waals surface area contributed by atoms with Crippen molar-refractivity contribution in [3.8, 4) is 0 Å². The first-order chi connectivity index (χ1) is 11.8. The standard InChI is InChI=1S/C19H19Cl2NO2S/c1-15(20)13-18(17-11-7-4-8-12-17)19(21)22(25(2,23)24)14-16-9-5-3-6-10-16/h3-12H,1,13-14H2,2H3/b19-18-. The van der Waals surface area contributed by atoms with Gasteiger partial charge >= 0.3 is 0 Å². The van der Waals surface area contributed by atoms with Gasteiger partial charge in [-0.15, -0.1) is 0 Å². The number of hydrogen-bond acceptors (Lipinski definition) is 2. The molecule has 0 atom stereocenters. The van der Waals surface area contributed by atoms with E-state index in [1.165, 1.54) is 4.31 Å². The molecule has 132 valence electrons. The number of allylic oxidation sites excluding steroid dienone is 2. The monoisotopic (exact) mass is 395 g/mol. The van der Waals surface area contributed by atoms with Crippen molar-refractivity contribution < 1.29 is 8.42 Å². The highest BCUT2D eigenvalue weighted by Gasteiger charge is 2.23. The van der Waals surface area contributed by atoms with Crippen LogP contribution < -0.4 is 0 Å². The summed E-state index contributed by atoms with van der Waals surface area (Å²) >= 11 is 12.5. The molecule has 0 N–H and O–H groups in total. The van der Waals surface area contributed by atoms with E-state index in [0.29, 0.717) is 10.6 Å². The molecule has 0 fully saturated rings. The first-order valence-corrected chi connectivity index (χ1v) is 10.2. The van der Waals surface area contributed by atoms with Crippen LogP contribution in [0.5, 0.6) is 0 Å². The fraction of sp³-hybridized carbons (Fsp3) is 0.158. The molecule has 0 saturated heterocycles. The second-order valence-corrected chi connectivity index (χ2v) is 8.38. The van der Waals surface area contributed by atoms with Crippen molar-refractivity contribution in [1.29, 1.82) is 0 Å². The number of benzene rings is 2. The third kappa shape index (κ3) is 5.63. The third-order valence-corrected chi connectivity index (χ3v) is 5.31. The average molecular weight is 396 g/mol. The normalized spacial score (nSPS) is 12.4. The van der Waals surface area contributed by atoms with Crippen molar-refractivity contribution in [3.05, 3.63) is 88.6 Å². The third-order valence-electron chi connectivity index (χ3n) is 3.53. The van der Waals surface area contributed by atoms with Crippen LogP contribution in [0, 0.1) is 0 Å². The first kappa shape index (κ1) is 19.6. The van der Waals surface area contributed by atoms with Crippen LogP contribution in [-0.4, -0.2) is 19.0 Å². The molecular formula is C19H19Cl2NO2S. The minimum atomic E-state index is -3.58. The molecule has 25 heavy (non-hydrogen) atoms. The van der Waals surface area contributed by atoms with Gasteiger partial charge < -0.3 is 0 Å².